The van der Waals surface area contributed by atoms with Gasteiger partial charge >= 0.3 is 12.0 Å². The molecule has 3 amide bonds. The number of urea groups is 1. The molecule has 2 aliphatic rings. The van der Waals surface area contributed by atoms with E-state index < -0.39 is 35.9 Å². The maximum atomic E-state index is 12.7. The third kappa shape index (κ3) is 3.47. The van der Waals surface area contributed by atoms with Gasteiger partial charge in [0, 0.05) is 31.4 Å². The van der Waals surface area contributed by atoms with Crippen molar-refractivity contribution in [2.45, 2.75) is 25.9 Å². The Kier molecular flexibility index (Phi) is 5.07. The first-order valence-electron chi connectivity index (χ1n) is 8.86. The average molecular weight is 372 g/mol. The Hall–Kier alpha value is -3.03. The van der Waals surface area contributed by atoms with Crippen LogP contribution in [0.5, 0.6) is 0 Å². The van der Waals surface area contributed by atoms with E-state index in [1.807, 2.05) is 43.3 Å². The lowest BCUT2D eigenvalue weighted by atomic mass is 9.74. The molecule has 1 saturated heterocycles. The van der Waals surface area contributed by atoms with Crippen molar-refractivity contribution >= 4 is 23.6 Å². The van der Waals surface area contributed by atoms with E-state index in [0.29, 0.717) is 11.3 Å². The number of hydrogen-bond donors (Lipinski definition) is 3. The molecule has 144 valence electrons. The quantitative estimate of drug-likeness (QED) is 0.684. The molecule has 0 aliphatic carbocycles. The predicted octanol–water partition coefficient (Wildman–Crippen LogP) is 1.06. The van der Waals surface area contributed by atoms with E-state index in [0.717, 1.165) is 11.3 Å². The first kappa shape index (κ1) is 18.8. The summed E-state index contributed by atoms with van der Waals surface area (Å²) in [5.41, 5.74) is 2.81. The van der Waals surface area contributed by atoms with Gasteiger partial charge in [-0.3, -0.25) is 10.1 Å². The Morgan fingerprint density at radius 2 is 1.81 bits per heavy atom. The zero-order chi connectivity index (χ0) is 19.7. The molecule has 27 heavy (non-hydrogen) atoms. The SMILES string of the molecule is CCOC(=O)C1=C(C)NC2NC(=O)NC(=O)C2C1c1ccc(N(C)C)cc1. The van der Waals surface area contributed by atoms with E-state index in [4.69, 9.17) is 4.74 Å². The number of esters is 1. The largest absolute Gasteiger partial charge is 0.463 e. The smallest absolute Gasteiger partial charge is 0.336 e. The third-order valence-electron chi connectivity index (χ3n) is 4.90. The van der Waals surface area contributed by atoms with Gasteiger partial charge in [0.05, 0.1) is 18.1 Å². The van der Waals surface area contributed by atoms with E-state index >= 15 is 0 Å². The van der Waals surface area contributed by atoms with Crippen LogP contribution in [-0.2, 0) is 14.3 Å². The van der Waals surface area contributed by atoms with Crippen molar-refractivity contribution in [3.05, 3.63) is 41.1 Å². The molecule has 8 nitrogen and oxygen atoms in total. The fourth-order valence-corrected chi connectivity index (χ4v) is 3.65. The van der Waals surface area contributed by atoms with Gasteiger partial charge in [0.15, 0.2) is 0 Å². The molecule has 0 saturated carbocycles. The second kappa shape index (κ2) is 7.30. The van der Waals surface area contributed by atoms with Gasteiger partial charge < -0.3 is 20.3 Å². The molecule has 8 heteroatoms. The minimum Gasteiger partial charge on any atom is -0.463 e. The van der Waals surface area contributed by atoms with E-state index in [9.17, 15) is 14.4 Å². The first-order valence-corrected chi connectivity index (χ1v) is 8.86. The maximum Gasteiger partial charge on any atom is 0.336 e. The number of anilines is 1. The van der Waals surface area contributed by atoms with Gasteiger partial charge in [0.2, 0.25) is 5.91 Å². The summed E-state index contributed by atoms with van der Waals surface area (Å²) in [6, 6.07) is 7.12. The second-order valence-electron chi connectivity index (χ2n) is 6.83. The molecule has 3 rings (SSSR count). The molecule has 0 aromatic heterocycles. The highest BCUT2D eigenvalue weighted by atomic mass is 16.5. The molecule has 2 aliphatic heterocycles. The number of nitrogens with zero attached hydrogens (tertiary/aromatic N) is 1. The second-order valence-corrected chi connectivity index (χ2v) is 6.83. The summed E-state index contributed by atoms with van der Waals surface area (Å²) in [4.78, 5) is 39.0. The van der Waals surface area contributed by atoms with Crippen LogP contribution in [0.25, 0.3) is 0 Å². The lowest BCUT2D eigenvalue weighted by Crippen LogP contribution is -2.66. The van der Waals surface area contributed by atoms with E-state index in [1.165, 1.54) is 0 Å². The minimum absolute atomic E-state index is 0.235. The number of carbonyl (C=O) groups is 3. The molecule has 0 spiro atoms. The van der Waals surface area contributed by atoms with Crippen molar-refractivity contribution in [3.8, 4) is 0 Å². The molecule has 1 aromatic carbocycles. The number of carbonyl (C=O) groups excluding carboxylic acids is 3. The Labute approximate surface area is 157 Å². The van der Waals surface area contributed by atoms with Crippen molar-refractivity contribution in [1.82, 2.24) is 16.0 Å². The van der Waals surface area contributed by atoms with Gasteiger partial charge in [-0.15, -0.1) is 0 Å². The summed E-state index contributed by atoms with van der Waals surface area (Å²) in [6.45, 7) is 3.72. The van der Waals surface area contributed by atoms with Gasteiger partial charge in [0.1, 0.15) is 6.17 Å². The Balaban J connectivity index is 2.10. The number of rotatable bonds is 4. The summed E-state index contributed by atoms with van der Waals surface area (Å²) >= 11 is 0. The number of imide groups is 1. The third-order valence-corrected chi connectivity index (χ3v) is 4.90. The Morgan fingerprint density at radius 3 is 2.41 bits per heavy atom. The van der Waals surface area contributed by atoms with Gasteiger partial charge in [-0.25, -0.2) is 9.59 Å². The van der Waals surface area contributed by atoms with Crippen LogP contribution in [0.4, 0.5) is 10.5 Å². The highest BCUT2D eigenvalue weighted by Crippen LogP contribution is 2.40. The average Bonchev–Trinajstić information content (AvgIpc) is 2.60. The first-order chi connectivity index (χ1) is 12.8. The normalized spacial score (nSPS) is 24.4. The van der Waals surface area contributed by atoms with Crippen LogP contribution < -0.4 is 20.9 Å². The maximum absolute atomic E-state index is 12.7. The van der Waals surface area contributed by atoms with Crippen molar-refractivity contribution < 1.29 is 19.1 Å². The fraction of sp³-hybridized carbons (Fsp3) is 0.421. The van der Waals surface area contributed by atoms with Crippen molar-refractivity contribution in [2.75, 3.05) is 25.6 Å². The molecule has 1 fully saturated rings. The van der Waals surface area contributed by atoms with Gasteiger partial charge in [0.25, 0.3) is 0 Å². The Bertz CT molecular complexity index is 800. The highest BCUT2D eigenvalue weighted by molar-refractivity contribution is 6.01. The van der Waals surface area contributed by atoms with Crippen LogP contribution in [0.3, 0.4) is 0 Å². The van der Waals surface area contributed by atoms with Crippen LogP contribution in [0.2, 0.25) is 0 Å². The van der Waals surface area contributed by atoms with Crippen LogP contribution in [0.15, 0.2) is 35.5 Å². The molecule has 2 heterocycles. The number of allylic oxidation sites excluding steroid dienone is 1. The van der Waals surface area contributed by atoms with Crippen molar-refractivity contribution in [1.29, 1.82) is 0 Å². The summed E-state index contributed by atoms with van der Waals surface area (Å²) in [6.07, 6.45) is -0.594. The minimum atomic E-state index is -0.670. The van der Waals surface area contributed by atoms with E-state index in [2.05, 4.69) is 16.0 Å². The van der Waals surface area contributed by atoms with Crippen molar-refractivity contribution in [2.24, 2.45) is 5.92 Å². The molecule has 0 radical (unpaired) electrons. The zero-order valence-electron chi connectivity index (χ0n) is 15.8. The number of amides is 3. The molecular formula is C19H24N4O4. The van der Waals surface area contributed by atoms with Crippen LogP contribution in [0.1, 0.15) is 25.3 Å². The molecule has 3 atom stereocenters. The summed E-state index contributed by atoms with van der Waals surface area (Å²) < 4.78 is 5.24. The van der Waals surface area contributed by atoms with Gasteiger partial charge in [-0.1, -0.05) is 12.1 Å². The van der Waals surface area contributed by atoms with Gasteiger partial charge in [-0.05, 0) is 31.5 Å². The topological polar surface area (TPSA) is 99.8 Å². The standard InChI is InChI=1S/C19H24N4O4/c1-5-27-18(25)13-10(2)20-16-15(17(24)22-19(26)21-16)14(13)11-6-8-12(9-7-11)23(3)4/h6-9,14-16,20H,5H2,1-4H3,(H2,21,22,24,26). The van der Waals surface area contributed by atoms with Crippen LogP contribution in [-0.4, -0.2) is 44.8 Å². The van der Waals surface area contributed by atoms with E-state index in [-0.39, 0.29) is 6.61 Å². The molecule has 1 aromatic rings. The zero-order valence-corrected chi connectivity index (χ0v) is 15.8. The summed E-state index contributed by atoms with van der Waals surface area (Å²) in [7, 11) is 3.88. The van der Waals surface area contributed by atoms with E-state index in [1.54, 1.807) is 13.8 Å². The van der Waals surface area contributed by atoms with Crippen molar-refractivity contribution in [3.63, 3.8) is 0 Å². The number of hydrogen-bond acceptors (Lipinski definition) is 6. The molecule has 3 unspecified atom stereocenters. The molecular weight excluding hydrogens is 348 g/mol. The highest BCUT2D eigenvalue weighted by Gasteiger charge is 2.48. The fourth-order valence-electron chi connectivity index (χ4n) is 3.65. The van der Waals surface area contributed by atoms with Crippen LogP contribution >= 0.6 is 0 Å². The van der Waals surface area contributed by atoms with Gasteiger partial charge in [-0.2, -0.15) is 0 Å². The number of nitrogens with one attached hydrogen (secondary N) is 3. The summed E-state index contributed by atoms with van der Waals surface area (Å²) in [5, 5.41) is 8.10. The number of benzene rings is 1. The molecule has 0 bridgehead atoms. The van der Waals surface area contributed by atoms with Crippen LogP contribution in [0, 0.1) is 5.92 Å². The molecule has 3 N–H and O–H groups in total. The summed E-state index contributed by atoms with van der Waals surface area (Å²) in [5.74, 6) is -2.09. The predicted molar refractivity (Wildman–Crippen MR) is 99.9 cm³/mol. The Morgan fingerprint density at radius 1 is 1.15 bits per heavy atom. The number of fused-ring (bicyclic) bond motifs is 1. The monoisotopic (exact) mass is 372 g/mol. The number of ether oxygens (including phenoxy) is 1. The lowest BCUT2D eigenvalue weighted by Gasteiger charge is -2.42. The lowest BCUT2D eigenvalue weighted by molar-refractivity contribution is -0.139.